The van der Waals surface area contributed by atoms with E-state index < -0.39 is 0 Å². The maximum absolute atomic E-state index is 5.75. The molecule has 0 aliphatic carbocycles. The van der Waals surface area contributed by atoms with Crippen molar-refractivity contribution in [3.8, 4) is 11.5 Å². The highest BCUT2D eigenvalue weighted by Crippen LogP contribution is 2.14. The number of nitrogens with one attached hydrogen (secondary N) is 1. The van der Waals surface area contributed by atoms with E-state index in [2.05, 4.69) is 38.2 Å². The second kappa shape index (κ2) is 7.85. The lowest BCUT2D eigenvalue weighted by Gasteiger charge is -2.20. The van der Waals surface area contributed by atoms with Crippen molar-refractivity contribution in [3.05, 3.63) is 60.2 Å². The van der Waals surface area contributed by atoms with Gasteiger partial charge in [-0.15, -0.1) is 0 Å². The standard InChI is InChI=1S/C19H25NO2/c1-19(2,3)20-15-16-8-7-11-18(14-16)22-13-12-21-17-9-5-4-6-10-17/h4-11,14,20H,12-13,15H2,1-3H3. The third kappa shape index (κ3) is 6.19. The molecule has 0 aliphatic heterocycles. The quantitative estimate of drug-likeness (QED) is 0.783. The minimum atomic E-state index is 0.111. The first-order chi connectivity index (χ1) is 10.5. The summed E-state index contributed by atoms with van der Waals surface area (Å²) in [6.45, 7) is 8.39. The first-order valence-corrected chi connectivity index (χ1v) is 7.67. The van der Waals surface area contributed by atoms with Crippen LogP contribution >= 0.6 is 0 Å². The van der Waals surface area contributed by atoms with Crippen LogP contribution in [0.3, 0.4) is 0 Å². The highest BCUT2D eigenvalue weighted by atomic mass is 16.5. The largest absolute Gasteiger partial charge is 0.490 e. The second-order valence-electron chi connectivity index (χ2n) is 6.26. The normalized spacial score (nSPS) is 11.2. The third-order valence-electron chi connectivity index (χ3n) is 3.09. The summed E-state index contributed by atoms with van der Waals surface area (Å²) < 4.78 is 11.4. The van der Waals surface area contributed by atoms with E-state index in [0.29, 0.717) is 13.2 Å². The van der Waals surface area contributed by atoms with Crippen LogP contribution in [0.5, 0.6) is 11.5 Å². The molecule has 22 heavy (non-hydrogen) atoms. The van der Waals surface area contributed by atoms with Crippen molar-refractivity contribution in [3.63, 3.8) is 0 Å². The molecule has 3 nitrogen and oxygen atoms in total. The number of benzene rings is 2. The number of hydrogen-bond acceptors (Lipinski definition) is 3. The van der Waals surface area contributed by atoms with Gasteiger partial charge in [-0.2, -0.15) is 0 Å². The fraction of sp³-hybridized carbons (Fsp3) is 0.368. The molecule has 0 saturated heterocycles. The lowest BCUT2D eigenvalue weighted by atomic mass is 10.1. The summed E-state index contributed by atoms with van der Waals surface area (Å²) >= 11 is 0. The molecule has 118 valence electrons. The van der Waals surface area contributed by atoms with Gasteiger partial charge in [-0.3, -0.25) is 0 Å². The minimum Gasteiger partial charge on any atom is -0.490 e. The van der Waals surface area contributed by atoms with E-state index >= 15 is 0 Å². The predicted octanol–water partition coefficient (Wildman–Crippen LogP) is 4.03. The van der Waals surface area contributed by atoms with Gasteiger partial charge in [0.2, 0.25) is 0 Å². The molecule has 0 heterocycles. The van der Waals surface area contributed by atoms with Crippen molar-refractivity contribution in [2.45, 2.75) is 32.9 Å². The molecule has 2 aromatic rings. The Balaban J connectivity index is 1.76. The SMILES string of the molecule is CC(C)(C)NCc1cccc(OCCOc2ccccc2)c1. The average molecular weight is 299 g/mol. The molecule has 2 rings (SSSR count). The van der Waals surface area contributed by atoms with Crippen LogP contribution in [0, 0.1) is 0 Å². The molecule has 0 atom stereocenters. The van der Waals surface area contributed by atoms with Crippen LogP contribution in [-0.2, 0) is 6.54 Å². The molecule has 0 aromatic heterocycles. The van der Waals surface area contributed by atoms with Gasteiger partial charge in [0.1, 0.15) is 24.7 Å². The van der Waals surface area contributed by atoms with Gasteiger partial charge >= 0.3 is 0 Å². The zero-order chi connectivity index (χ0) is 15.8. The molecule has 0 saturated carbocycles. The molecule has 0 amide bonds. The fourth-order valence-electron chi connectivity index (χ4n) is 1.95. The number of hydrogen-bond donors (Lipinski definition) is 1. The van der Waals surface area contributed by atoms with E-state index in [1.807, 2.05) is 42.5 Å². The van der Waals surface area contributed by atoms with Crippen LogP contribution in [0.1, 0.15) is 26.3 Å². The summed E-state index contributed by atoms with van der Waals surface area (Å²) in [5.74, 6) is 1.75. The molecular weight excluding hydrogens is 274 g/mol. The lowest BCUT2D eigenvalue weighted by Crippen LogP contribution is -2.35. The van der Waals surface area contributed by atoms with Crippen molar-refractivity contribution in [1.82, 2.24) is 5.32 Å². The highest BCUT2D eigenvalue weighted by molar-refractivity contribution is 5.28. The van der Waals surface area contributed by atoms with E-state index in [1.54, 1.807) is 0 Å². The van der Waals surface area contributed by atoms with Crippen LogP contribution in [-0.4, -0.2) is 18.8 Å². The number of rotatable bonds is 7. The van der Waals surface area contributed by atoms with E-state index in [9.17, 15) is 0 Å². The van der Waals surface area contributed by atoms with Crippen LogP contribution < -0.4 is 14.8 Å². The minimum absolute atomic E-state index is 0.111. The van der Waals surface area contributed by atoms with Gasteiger partial charge in [-0.05, 0) is 50.6 Å². The summed E-state index contributed by atoms with van der Waals surface area (Å²) in [5.41, 5.74) is 1.33. The molecule has 0 fully saturated rings. The first kappa shape index (κ1) is 16.4. The molecule has 0 aliphatic rings. The fourth-order valence-corrected chi connectivity index (χ4v) is 1.95. The maximum Gasteiger partial charge on any atom is 0.122 e. The molecule has 1 N–H and O–H groups in total. The summed E-state index contributed by atoms with van der Waals surface area (Å²) in [4.78, 5) is 0. The van der Waals surface area contributed by atoms with Crippen molar-refractivity contribution >= 4 is 0 Å². The van der Waals surface area contributed by atoms with Crippen molar-refractivity contribution in [2.24, 2.45) is 0 Å². The summed E-state index contributed by atoms with van der Waals surface area (Å²) in [6.07, 6.45) is 0. The first-order valence-electron chi connectivity index (χ1n) is 7.67. The Bertz CT molecular complexity index is 561. The van der Waals surface area contributed by atoms with Crippen molar-refractivity contribution < 1.29 is 9.47 Å². The van der Waals surface area contributed by atoms with Crippen molar-refractivity contribution in [2.75, 3.05) is 13.2 Å². The Morgan fingerprint density at radius 2 is 1.45 bits per heavy atom. The topological polar surface area (TPSA) is 30.5 Å². The Morgan fingerprint density at radius 3 is 2.14 bits per heavy atom. The van der Waals surface area contributed by atoms with Crippen LogP contribution in [0.4, 0.5) is 0 Å². The zero-order valence-electron chi connectivity index (χ0n) is 13.6. The van der Waals surface area contributed by atoms with Crippen LogP contribution in [0.15, 0.2) is 54.6 Å². The molecular formula is C19H25NO2. The number of ether oxygens (including phenoxy) is 2. The van der Waals surface area contributed by atoms with E-state index in [-0.39, 0.29) is 5.54 Å². The summed E-state index contributed by atoms with van der Waals surface area (Å²) in [7, 11) is 0. The van der Waals surface area contributed by atoms with Gasteiger partial charge in [-0.1, -0.05) is 30.3 Å². The van der Waals surface area contributed by atoms with Crippen molar-refractivity contribution in [1.29, 1.82) is 0 Å². The van der Waals surface area contributed by atoms with Gasteiger partial charge in [0, 0.05) is 12.1 Å². The highest BCUT2D eigenvalue weighted by Gasteiger charge is 2.08. The average Bonchev–Trinajstić information content (AvgIpc) is 2.50. The van der Waals surface area contributed by atoms with E-state index in [0.717, 1.165) is 18.0 Å². The summed E-state index contributed by atoms with van der Waals surface area (Å²) in [5, 5.41) is 3.47. The van der Waals surface area contributed by atoms with E-state index in [4.69, 9.17) is 9.47 Å². The zero-order valence-corrected chi connectivity index (χ0v) is 13.6. The van der Waals surface area contributed by atoms with Crippen LogP contribution in [0.2, 0.25) is 0 Å². The van der Waals surface area contributed by atoms with Crippen LogP contribution in [0.25, 0.3) is 0 Å². The molecule has 3 heteroatoms. The summed E-state index contributed by atoms with van der Waals surface area (Å²) in [6, 6.07) is 17.9. The molecule has 2 aromatic carbocycles. The monoisotopic (exact) mass is 299 g/mol. The molecule has 0 spiro atoms. The Morgan fingerprint density at radius 1 is 0.818 bits per heavy atom. The van der Waals surface area contributed by atoms with Gasteiger partial charge in [0.15, 0.2) is 0 Å². The van der Waals surface area contributed by atoms with Gasteiger partial charge < -0.3 is 14.8 Å². The molecule has 0 bridgehead atoms. The second-order valence-corrected chi connectivity index (χ2v) is 6.26. The maximum atomic E-state index is 5.75. The molecule has 0 unspecified atom stereocenters. The predicted molar refractivity (Wildman–Crippen MR) is 90.5 cm³/mol. The van der Waals surface area contributed by atoms with E-state index in [1.165, 1.54) is 5.56 Å². The van der Waals surface area contributed by atoms with Gasteiger partial charge in [-0.25, -0.2) is 0 Å². The third-order valence-corrected chi connectivity index (χ3v) is 3.09. The number of para-hydroxylation sites is 1. The Labute approximate surface area is 133 Å². The van der Waals surface area contributed by atoms with Gasteiger partial charge in [0.05, 0.1) is 0 Å². The Kier molecular flexibility index (Phi) is 5.84. The molecule has 0 radical (unpaired) electrons. The smallest absolute Gasteiger partial charge is 0.122 e. The van der Waals surface area contributed by atoms with Gasteiger partial charge in [0.25, 0.3) is 0 Å². The lowest BCUT2D eigenvalue weighted by molar-refractivity contribution is 0.217. The Hall–Kier alpha value is -2.00.